The molecule has 0 saturated heterocycles. The van der Waals surface area contributed by atoms with Gasteiger partial charge in [0, 0.05) is 5.56 Å². The second-order valence-corrected chi connectivity index (χ2v) is 3.67. The number of alkyl halides is 1. The van der Waals surface area contributed by atoms with E-state index in [-0.39, 0.29) is 16.5 Å². The van der Waals surface area contributed by atoms with Crippen LogP contribution in [0.2, 0.25) is 0 Å². The molecule has 6 heteroatoms. The van der Waals surface area contributed by atoms with Crippen molar-refractivity contribution in [3.63, 3.8) is 0 Å². The number of H-pyrrole nitrogens is 1. The molecule has 0 saturated carbocycles. The average molecular weight is 284 g/mol. The lowest BCUT2D eigenvalue weighted by Gasteiger charge is -1.96. The number of aromatic amines is 1. The summed E-state index contributed by atoms with van der Waals surface area (Å²) in [6, 6.07) is 4.36. The van der Waals surface area contributed by atoms with Crippen molar-refractivity contribution in [3.8, 4) is 0 Å². The van der Waals surface area contributed by atoms with E-state index in [1.807, 2.05) is 0 Å². The van der Waals surface area contributed by atoms with Crippen molar-refractivity contribution < 1.29 is 14.0 Å². The second kappa shape index (κ2) is 4.05. The minimum atomic E-state index is -0.609. The van der Waals surface area contributed by atoms with Gasteiger partial charge in [-0.2, -0.15) is 0 Å². The van der Waals surface area contributed by atoms with Crippen LogP contribution in [0.4, 0.5) is 0 Å². The molecule has 0 unspecified atom stereocenters. The minimum absolute atomic E-state index is 0.0268. The number of aromatic nitrogens is 1. The standard InChI is InChI=1S/C10H6BrNO4/c11-4-7(13)9(14)5-1-2-6-8(3-5)16-10(15)12-6/h1-3H,4H2,(H,12,15). The predicted molar refractivity (Wildman–Crippen MR) is 60.0 cm³/mol. The van der Waals surface area contributed by atoms with Crippen molar-refractivity contribution in [1.82, 2.24) is 4.98 Å². The zero-order valence-electron chi connectivity index (χ0n) is 7.95. The number of oxazole rings is 1. The molecule has 1 N–H and O–H groups in total. The lowest BCUT2D eigenvalue weighted by molar-refractivity contribution is -0.112. The van der Waals surface area contributed by atoms with Crippen molar-refractivity contribution in [2.24, 2.45) is 0 Å². The molecular weight excluding hydrogens is 278 g/mol. The molecule has 2 rings (SSSR count). The Morgan fingerprint density at radius 3 is 2.81 bits per heavy atom. The Morgan fingerprint density at radius 2 is 2.12 bits per heavy atom. The van der Waals surface area contributed by atoms with Crippen LogP contribution in [0.1, 0.15) is 10.4 Å². The molecule has 5 nitrogen and oxygen atoms in total. The van der Waals surface area contributed by atoms with Crippen molar-refractivity contribution >= 4 is 38.6 Å². The summed E-state index contributed by atoms with van der Waals surface area (Å²) >= 11 is 2.92. The quantitative estimate of drug-likeness (QED) is 0.523. The van der Waals surface area contributed by atoms with Crippen molar-refractivity contribution in [1.29, 1.82) is 0 Å². The van der Waals surface area contributed by atoms with Crippen LogP contribution in [0.3, 0.4) is 0 Å². The minimum Gasteiger partial charge on any atom is -0.408 e. The summed E-state index contributed by atoms with van der Waals surface area (Å²) in [4.78, 5) is 36.0. The van der Waals surface area contributed by atoms with Gasteiger partial charge in [-0.3, -0.25) is 14.6 Å². The smallest absolute Gasteiger partial charge is 0.408 e. The number of Topliss-reactive ketones (excluding diaryl/α,β-unsaturated/α-hetero) is 2. The van der Waals surface area contributed by atoms with Crippen LogP contribution in [0.15, 0.2) is 27.4 Å². The molecule has 1 heterocycles. The van der Waals surface area contributed by atoms with E-state index in [0.717, 1.165) is 0 Å². The molecule has 0 amide bonds. The number of rotatable bonds is 3. The highest BCUT2D eigenvalue weighted by atomic mass is 79.9. The fourth-order valence-corrected chi connectivity index (χ4v) is 1.56. The number of hydrogen-bond donors (Lipinski definition) is 1. The van der Waals surface area contributed by atoms with Gasteiger partial charge >= 0.3 is 5.76 Å². The Bertz CT molecular complexity index is 625. The van der Waals surface area contributed by atoms with Gasteiger partial charge in [-0.15, -0.1) is 0 Å². The van der Waals surface area contributed by atoms with Crippen LogP contribution in [0.5, 0.6) is 0 Å². The number of fused-ring (bicyclic) bond motifs is 1. The molecule has 1 aromatic carbocycles. The van der Waals surface area contributed by atoms with Gasteiger partial charge in [-0.1, -0.05) is 15.9 Å². The van der Waals surface area contributed by atoms with E-state index in [1.165, 1.54) is 18.2 Å². The summed E-state index contributed by atoms with van der Waals surface area (Å²) in [7, 11) is 0. The second-order valence-electron chi connectivity index (χ2n) is 3.11. The monoisotopic (exact) mass is 283 g/mol. The van der Waals surface area contributed by atoms with E-state index in [0.29, 0.717) is 5.52 Å². The van der Waals surface area contributed by atoms with E-state index < -0.39 is 17.3 Å². The van der Waals surface area contributed by atoms with E-state index in [9.17, 15) is 14.4 Å². The molecule has 0 radical (unpaired) electrons. The van der Waals surface area contributed by atoms with Crippen LogP contribution < -0.4 is 5.76 Å². The Labute approximate surface area is 97.6 Å². The molecule has 0 aliphatic carbocycles. The predicted octanol–water partition coefficient (Wildman–Crippen LogP) is 1.27. The lowest BCUT2D eigenvalue weighted by Crippen LogP contribution is -2.14. The number of carbonyl (C=O) groups excluding carboxylic acids is 2. The number of ketones is 2. The third kappa shape index (κ3) is 1.83. The summed E-state index contributed by atoms with van der Waals surface area (Å²) in [6.07, 6.45) is 0. The summed E-state index contributed by atoms with van der Waals surface area (Å²) in [5.74, 6) is -1.74. The van der Waals surface area contributed by atoms with Crippen molar-refractivity contribution in [2.75, 3.05) is 5.33 Å². The van der Waals surface area contributed by atoms with Crippen LogP contribution in [-0.4, -0.2) is 21.9 Å². The third-order valence-electron chi connectivity index (χ3n) is 2.06. The topological polar surface area (TPSA) is 80.1 Å². The third-order valence-corrected chi connectivity index (χ3v) is 2.57. The van der Waals surface area contributed by atoms with E-state index >= 15 is 0 Å². The highest BCUT2D eigenvalue weighted by Gasteiger charge is 2.15. The molecular formula is C10H6BrNO4. The lowest BCUT2D eigenvalue weighted by atomic mass is 10.1. The van der Waals surface area contributed by atoms with E-state index in [1.54, 1.807) is 0 Å². The molecule has 82 valence electrons. The molecule has 0 bridgehead atoms. The fourth-order valence-electron chi connectivity index (χ4n) is 1.31. The highest BCUT2D eigenvalue weighted by Crippen LogP contribution is 2.13. The Hall–Kier alpha value is -1.69. The van der Waals surface area contributed by atoms with E-state index in [4.69, 9.17) is 4.42 Å². The highest BCUT2D eigenvalue weighted by molar-refractivity contribution is 9.09. The molecule has 0 atom stereocenters. The summed E-state index contributed by atoms with van der Waals surface area (Å²) in [5.41, 5.74) is 0.964. The van der Waals surface area contributed by atoms with Gasteiger partial charge in [0.15, 0.2) is 5.58 Å². The molecule has 1 aromatic heterocycles. The SMILES string of the molecule is O=C(CBr)C(=O)c1ccc2[nH]c(=O)oc2c1. The largest absolute Gasteiger partial charge is 0.417 e. The first kappa shape index (κ1) is 10.8. The van der Waals surface area contributed by atoms with Gasteiger partial charge in [-0.25, -0.2) is 4.79 Å². The first-order valence-corrected chi connectivity index (χ1v) is 5.50. The summed E-state index contributed by atoms with van der Waals surface area (Å²) in [6.45, 7) is 0. The van der Waals surface area contributed by atoms with Gasteiger partial charge in [0.2, 0.25) is 11.6 Å². The van der Waals surface area contributed by atoms with Crippen LogP contribution in [0.25, 0.3) is 11.1 Å². The first-order valence-electron chi connectivity index (χ1n) is 4.38. The average Bonchev–Trinajstić information content (AvgIpc) is 2.65. The first-order chi connectivity index (χ1) is 7.61. The molecule has 16 heavy (non-hydrogen) atoms. The Morgan fingerprint density at radius 1 is 1.38 bits per heavy atom. The van der Waals surface area contributed by atoms with Gasteiger partial charge in [-0.05, 0) is 18.2 Å². The molecule has 0 fully saturated rings. The molecule has 0 aliphatic rings. The van der Waals surface area contributed by atoms with E-state index in [2.05, 4.69) is 20.9 Å². The summed E-state index contributed by atoms with van der Waals surface area (Å²) < 4.78 is 4.79. The zero-order chi connectivity index (χ0) is 11.7. The Balaban J connectivity index is 2.50. The molecule has 2 aromatic rings. The summed E-state index contributed by atoms with van der Waals surface area (Å²) in [5, 5.41) is -0.0268. The van der Waals surface area contributed by atoms with Crippen LogP contribution in [-0.2, 0) is 4.79 Å². The maximum atomic E-state index is 11.5. The van der Waals surface area contributed by atoms with Crippen molar-refractivity contribution in [3.05, 3.63) is 34.3 Å². The normalized spacial score (nSPS) is 10.6. The van der Waals surface area contributed by atoms with Gasteiger partial charge in [0.1, 0.15) is 0 Å². The van der Waals surface area contributed by atoms with Crippen molar-refractivity contribution in [2.45, 2.75) is 0 Å². The van der Waals surface area contributed by atoms with Crippen LogP contribution in [0, 0.1) is 0 Å². The number of hydrogen-bond acceptors (Lipinski definition) is 4. The van der Waals surface area contributed by atoms with Gasteiger partial charge in [0.05, 0.1) is 10.8 Å². The number of carbonyl (C=O) groups is 2. The van der Waals surface area contributed by atoms with Crippen LogP contribution >= 0.6 is 15.9 Å². The maximum Gasteiger partial charge on any atom is 0.417 e. The maximum absolute atomic E-state index is 11.5. The zero-order valence-corrected chi connectivity index (χ0v) is 9.54. The molecule has 0 spiro atoms. The fraction of sp³-hybridized carbons (Fsp3) is 0.100. The Kier molecular flexibility index (Phi) is 2.74. The molecule has 0 aliphatic heterocycles. The number of benzene rings is 1. The number of nitrogens with one attached hydrogen (secondary N) is 1. The van der Waals surface area contributed by atoms with Gasteiger partial charge < -0.3 is 4.42 Å². The number of halogens is 1. The van der Waals surface area contributed by atoms with Gasteiger partial charge in [0.25, 0.3) is 0 Å².